The number of methoxy groups -OCH3 is 1. The molecule has 0 aromatic rings. The predicted octanol–water partition coefficient (Wildman–Crippen LogP) is 2.26. The van der Waals surface area contributed by atoms with Crippen molar-refractivity contribution in [2.75, 3.05) is 26.9 Å². The van der Waals surface area contributed by atoms with E-state index in [1.54, 1.807) is 14.0 Å². The first-order valence-electron chi connectivity index (χ1n) is 11.5. The van der Waals surface area contributed by atoms with Crippen LogP contribution in [0.5, 0.6) is 0 Å². The van der Waals surface area contributed by atoms with Crippen LogP contribution < -0.4 is 11.1 Å². The minimum absolute atomic E-state index is 0.209. The highest BCUT2D eigenvalue weighted by Crippen LogP contribution is 2.52. The van der Waals surface area contributed by atoms with Gasteiger partial charge in [-0.1, -0.05) is 24.5 Å². The number of aliphatic hydroxyl groups is 2. The fraction of sp³-hybridized carbons (Fsp3) is 0.870. The number of amides is 1. The minimum atomic E-state index is -1.22. The number of fused-ring (bicyclic) bond motifs is 1. The normalized spacial score (nSPS) is 34.8. The molecule has 0 aromatic carbocycles. The van der Waals surface area contributed by atoms with Crippen molar-refractivity contribution in [1.29, 1.82) is 0 Å². The van der Waals surface area contributed by atoms with Crippen molar-refractivity contribution in [3.05, 3.63) is 11.6 Å². The van der Waals surface area contributed by atoms with Crippen LogP contribution in [0, 0.1) is 5.92 Å². The Morgan fingerprint density at radius 2 is 2.00 bits per heavy atom. The summed E-state index contributed by atoms with van der Waals surface area (Å²) < 4.78 is 17.4. The summed E-state index contributed by atoms with van der Waals surface area (Å²) in [6.45, 7) is 6.57. The minimum Gasteiger partial charge on any atom is -0.450 e. The smallest absolute Gasteiger partial charge is 0.407 e. The number of rotatable bonds is 11. The second kappa shape index (κ2) is 11.6. The Morgan fingerprint density at radius 3 is 2.61 bits per heavy atom. The van der Waals surface area contributed by atoms with E-state index in [2.05, 4.69) is 5.32 Å². The first-order chi connectivity index (χ1) is 14.7. The van der Waals surface area contributed by atoms with Gasteiger partial charge in [-0.05, 0) is 59.4 Å². The molecule has 1 aliphatic heterocycles. The third-order valence-corrected chi connectivity index (χ3v) is 6.74. The van der Waals surface area contributed by atoms with Gasteiger partial charge in [-0.2, -0.15) is 0 Å². The van der Waals surface area contributed by atoms with Gasteiger partial charge in [0.1, 0.15) is 0 Å². The molecule has 31 heavy (non-hydrogen) atoms. The number of hydrogen-bond donors (Lipinski definition) is 4. The number of carbonyl (C=O) groups is 1. The molecule has 8 nitrogen and oxygen atoms in total. The molecule has 1 saturated carbocycles. The zero-order valence-corrected chi connectivity index (χ0v) is 19.6. The third-order valence-electron chi connectivity index (χ3n) is 6.74. The maximum absolute atomic E-state index is 12.3. The zero-order valence-electron chi connectivity index (χ0n) is 19.6. The van der Waals surface area contributed by atoms with Crippen LogP contribution in [0.15, 0.2) is 11.6 Å². The lowest BCUT2D eigenvalue weighted by atomic mass is 9.65. The van der Waals surface area contributed by atoms with Gasteiger partial charge in [0.2, 0.25) is 0 Å². The molecule has 5 N–H and O–H groups in total. The number of nitrogens with one attached hydrogen (secondary N) is 1. The van der Waals surface area contributed by atoms with Gasteiger partial charge < -0.3 is 35.5 Å². The van der Waals surface area contributed by atoms with Crippen molar-refractivity contribution in [2.24, 2.45) is 11.7 Å². The van der Waals surface area contributed by atoms with E-state index in [9.17, 15) is 15.0 Å². The van der Waals surface area contributed by atoms with Gasteiger partial charge in [-0.3, -0.25) is 0 Å². The molecule has 0 bridgehead atoms. The van der Waals surface area contributed by atoms with Crippen molar-refractivity contribution in [1.82, 2.24) is 5.32 Å². The average Bonchev–Trinajstić information content (AvgIpc) is 2.96. The fourth-order valence-electron chi connectivity index (χ4n) is 5.11. The van der Waals surface area contributed by atoms with Crippen LogP contribution in [-0.4, -0.2) is 72.6 Å². The maximum Gasteiger partial charge on any atom is 0.407 e. The molecule has 1 amide bonds. The van der Waals surface area contributed by atoms with E-state index in [0.717, 1.165) is 31.3 Å². The van der Waals surface area contributed by atoms with Gasteiger partial charge in [-0.15, -0.1) is 0 Å². The molecule has 0 aromatic heterocycles. The van der Waals surface area contributed by atoms with E-state index < -0.39 is 35.4 Å². The Kier molecular flexibility index (Phi) is 9.76. The van der Waals surface area contributed by atoms with Crippen molar-refractivity contribution < 1.29 is 29.2 Å². The van der Waals surface area contributed by atoms with E-state index in [0.29, 0.717) is 32.4 Å². The SMILES string of the molecule is COC1C(NC(=O)OCCCCCCN)CC[C@@]2(CO)OC(CC=C(C)C)[C@@](C)(O)C12. The van der Waals surface area contributed by atoms with Crippen molar-refractivity contribution >= 4 is 6.09 Å². The van der Waals surface area contributed by atoms with Gasteiger partial charge in [0.25, 0.3) is 0 Å². The summed E-state index contributed by atoms with van der Waals surface area (Å²) in [7, 11) is 1.56. The first kappa shape index (κ1) is 26.1. The number of ether oxygens (including phenoxy) is 3. The lowest BCUT2D eigenvalue weighted by Gasteiger charge is -2.47. The molecular weight excluding hydrogens is 400 g/mol. The summed E-state index contributed by atoms with van der Waals surface area (Å²) in [6.07, 6.45) is 5.99. The van der Waals surface area contributed by atoms with Gasteiger partial charge in [0.15, 0.2) is 0 Å². The highest BCUT2D eigenvalue weighted by atomic mass is 16.6. The predicted molar refractivity (Wildman–Crippen MR) is 119 cm³/mol. The molecule has 1 heterocycles. The second-order valence-corrected chi connectivity index (χ2v) is 9.38. The fourth-order valence-corrected chi connectivity index (χ4v) is 5.11. The monoisotopic (exact) mass is 442 g/mol. The highest BCUT2D eigenvalue weighted by Gasteiger charge is 2.66. The number of hydrogen-bond acceptors (Lipinski definition) is 7. The molecule has 2 rings (SSSR count). The van der Waals surface area contributed by atoms with Crippen LogP contribution >= 0.6 is 0 Å². The summed E-state index contributed by atoms with van der Waals surface area (Å²) in [6, 6.07) is -0.336. The molecule has 0 radical (unpaired) electrons. The van der Waals surface area contributed by atoms with Crippen LogP contribution in [0.1, 0.15) is 65.7 Å². The Labute approximate surface area is 186 Å². The Balaban J connectivity index is 2.04. The van der Waals surface area contributed by atoms with Crippen LogP contribution in [-0.2, 0) is 14.2 Å². The van der Waals surface area contributed by atoms with Crippen LogP contribution in [0.4, 0.5) is 4.79 Å². The largest absolute Gasteiger partial charge is 0.450 e. The molecule has 180 valence electrons. The van der Waals surface area contributed by atoms with Gasteiger partial charge in [-0.25, -0.2) is 4.79 Å². The summed E-state index contributed by atoms with van der Waals surface area (Å²) in [5.74, 6) is -0.485. The van der Waals surface area contributed by atoms with Crippen LogP contribution in [0.2, 0.25) is 0 Å². The quantitative estimate of drug-likeness (QED) is 0.286. The van der Waals surface area contributed by atoms with Crippen molar-refractivity contribution in [2.45, 2.75) is 95.2 Å². The van der Waals surface area contributed by atoms with Crippen molar-refractivity contribution in [3.8, 4) is 0 Å². The van der Waals surface area contributed by atoms with Crippen molar-refractivity contribution in [3.63, 3.8) is 0 Å². The lowest BCUT2D eigenvalue weighted by Crippen LogP contribution is -2.63. The summed E-state index contributed by atoms with van der Waals surface area (Å²) in [5.41, 5.74) is 4.51. The van der Waals surface area contributed by atoms with E-state index in [4.69, 9.17) is 19.9 Å². The zero-order chi connectivity index (χ0) is 23.1. The maximum atomic E-state index is 12.3. The van der Waals surface area contributed by atoms with Crippen LogP contribution in [0.3, 0.4) is 0 Å². The Bertz CT molecular complexity index is 607. The molecule has 8 heteroatoms. The molecule has 2 aliphatic rings. The highest BCUT2D eigenvalue weighted by molar-refractivity contribution is 5.67. The van der Waals surface area contributed by atoms with Gasteiger partial charge in [0, 0.05) is 13.0 Å². The van der Waals surface area contributed by atoms with Gasteiger partial charge >= 0.3 is 6.09 Å². The number of unbranched alkanes of at least 4 members (excludes halogenated alkanes) is 3. The molecule has 6 atom stereocenters. The van der Waals surface area contributed by atoms with E-state index in [-0.39, 0.29) is 12.6 Å². The van der Waals surface area contributed by atoms with E-state index >= 15 is 0 Å². The first-order valence-corrected chi connectivity index (χ1v) is 11.5. The Morgan fingerprint density at radius 1 is 1.29 bits per heavy atom. The number of alkyl carbamates (subject to hydrolysis) is 1. The molecule has 1 aliphatic carbocycles. The molecule has 2 fully saturated rings. The third kappa shape index (κ3) is 6.20. The molecule has 4 unspecified atom stereocenters. The molecule has 0 spiro atoms. The standard InChI is InChI=1S/C23H42N2O6/c1-16(2)9-10-18-22(3,28)20-19(29-4)17(11-12-23(20,15-26)31-18)25-21(27)30-14-8-6-5-7-13-24/h9,17-20,26,28H,5-8,10-15,24H2,1-4H3,(H,25,27)/t17?,18?,19?,20?,22-,23+/m1/s1. The molecular formula is C23H42N2O6. The van der Waals surface area contributed by atoms with E-state index in [1.807, 2.05) is 19.9 Å². The number of allylic oxidation sites excluding steroid dienone is 1. The Hall–Kier alpha value is -1.19. The van der Waals surface area contributed by atoms with E-state index in [1.165, 1.54) is 0 Å². The second-order valence-electron chi connectivity index (χ2n) is 9.38. The van der Waals surface area contributed by atoms with Gasteiger partial charge in [0.05, 0.1) is 42.7 Å². The lowest BCUT2D eigenvalue weighted by molar-refractivity contribution is -0.149. The average molecular weight is 443 g/mol. The number of carbonyl (C=O) groups excluding carboxylic acids is 1. The number of nitrogens with two attached hydrogens (primary N) is 1. The summed E-state index contributed by atoms with van der Waals surface area (Å²) in [4.78, 5) is 12.3. The molecule has 1 saturated heterocycles. The summed E-state index contributed by atoms with van der Waals surface area (Å²) in [5, 5.41) is 24.6. The number of aliphatic hydroxyl groups excluding tert-OH is 1. The summed E-state index contributed by atoms with van der Waals surface area (Å²) >= 11 is 0. The van der Waals surface area contributed by atoms with Crippen LogP contribution in [0.25, 0.3) is 0 Å². The topological polar surface area (TPSA) is 123 Å².